The summed E-state index contributed by atoms with van der Waals surface area (Å²) in [5.74, 6) is -0.553. The third-order valence-electron chi connectivity index (χ3n) is 4.76. The number of aromatic nitrogens is 3. The van der Waals surface area contributed by atoms with Gasteiger partial charge in [0.05, 0.1) is 6.10 Å². The molecule has 9 nitrogen and oxygen atoms in total. The second-order valence-electron chi connectivity index (χ2n) is 7.67. The summed E-state index contributed by atoms with van der Waals surface area (Å²) >= 11 is 0. The molecule has 0 aliphatic carbocycles. The predicted molar refractivity (Wildman–Crippen MR) is 122 cm³/mol. The molecule has 1 aromatic heterocycles. The minimum Gasteiger partial charge on any atom is -0.481 e. The van der Waals surface area contributed by atoms with Crippen LogP contribution in [0, 0.1) is 0 Å². The van der Waals surface area contributed by atoms with E-state index in [1.165, 1.54) is 51.4 Å². The minimum atomic E-state index is -0.678. The molecule has 8 N–H and O–H groups in total. The fraction of sp³-hybridized carbons (Fsp3) is 0.810. The number of hydrogen-bond acceptors (Lipinski definition) is 8. The Morgan fingerprint density at radius 1 is 0.733 bits per heavy atom. The van der Waals surface area contributed by atoms with Gasteiger partial charge in [0.15, 0.2) is 0 Å². The zero-order valence-electron chi connectivity index (χ0n) is 18.6. The number of nitrogen functional groups attached to an aromatic ring is 3. The molecular formula is C21H42N6O3. The molecule has 0 fully saturated rings. The lowest BCUT2D eigenvalue weighted by atomic mass is 10.0. The molecule has 0 spiro atoms. The molecule has 1 atom stereocenters. The number of aliphatic hydroxyl groups is 1. The maximum Gasteiger partial charge on any atom is 0.303 e. The molecule has 0 amide bonds. The molecule has 30 heavy (non-hydrogen) atoms. The van der Waals surface area contributed by atoms with Crippen LogP contribution < -0.4 is 17.2 Å². The fourth-order valence-electron chi connectivity index (χ4n) is 3.10. The fourth-order valence-corrected chi connectivity index (χ4v) is 3.10. The summed E-state index contributed by atoms with van der Waals surface area (Å²) in [7, 11) is 0. The first kappa shape index (κ1) is 27.8. The molecule has 0 aliphatic heterocycles. The van der Waals surface area contributed by atoms with E-state index >= 15 is 0 Å². The molecule has 0 aliphatic rings. The third-order valence-corrected chi connectivity index (χ3v) is 4.76. The van der Waals surface area contributed by atoms with Crippen molar-refractivity contribution in [3.63, 3.8) is 0 Å². The van der Waals surface area contributed by atoms with Crippen LogP contribution in [0.5, 0.6) is 0 Å². The summed E-state index contributed by atoms with van der Waals surface area (Å²) in [4.78, 5) is 20.8. The summed E-state index contributed by atoms with van der Waals surface area (Å²) in [5.41, 5.74) is 15.4. The average molecular weight is 427 g/mol. The Bertz CT molecular complexity index is 509. The summed E-state index contributed by atoms with van der Waals surface area (Å²) in [5, 5.41) is 18.4. The number of aliphatic hydroxyl groups excluding tert-OH is 1. The van der Waals surface area contributed by atoms with Gasteiger partial charge < -0.3 is 27.4 Å². The van der Waals surface area contributed by atoms with Gasteiger partial charge in [0.2, 0.25) is 17.8 Å². The first-order valence-electron chi connectivity index (χ1n) is 11.3. The average Bonchev–Trinajstić information content (AvgIpc) is 2.66. The zero-order valence-corrected chi connectivity index (χ0v) is 18.6. The van der Waals surface area contributed by atoms with Crippen molar-refractivity contribution < 1.29 is 15.0 Å². The van der Waals surface area contributed by atoms with Crippen molar-refractivity contribution in [3.05, 3.63) is 0 Å². The zero-order chi connectivity index (χ0) is 22.6. The molecule has 0 bridgehead atoms. The van der Waals surface area contributed by atoms with Gasteiger partial charge in [-0.05, 0) is 19.3 Å². The number of carboxylic acids is 1. The topological polar surface area (TPSA) is 174 Å². The van der Waals surface area contributed by atoms with Crippen molar-refractivity contribution in [1.82, 2.24) is 15.0 Å². The van der Waals surface area contributed by atoms with E-state index in [4.69, 9.17) is 22.3 Å². The van der Waals surface area contributed by atoms with Gasteiger partial charge in [0.1, 0.15) is 0 Å². The summed E-state index contributed by atoms with van der Waals surface area (Å²) in [6.45, 7) is 2.21. The Labute approximate surface area is 180 Å². The van der Waals surface area contributed by atoms with E-state index in [9.17, 15) is 9.90 Å². The summed E-state index contributed by atoms with van der Waals surface area (Å²) < 4.78 is 0. The van der Waals surface area contributed by atoms with E-state index in [0.29, 0.717) is 6.42 Å². The van der Waals surface area contributed by atoms with Crippen molar-refractivity contribution in [3.8, 4) is 0 Å². The number of hydrogen-bond donors (Lipinski definition) is 5. The van der Waals surface area contributed by atoms with Crippen molar-refractivity contribution in [1.29, 1.82) is 0 Å². The molecule has 0 aromatic carbocycles. The number of rotatable bonds is 16. The first-order valence-corrected chi connectivity index (χ1v) is 11.3. The highest BCUT2D eigenvalue weighted by Gasteiger charge is 2.03. The summed E-state index contributed by atoms with van der Waals surface area (Å²) in [6.07, 6.45) is 16.3. The highest BCUT2D eigenvalue weighted by Crippen LogP contribution is 2.14. The molecule has 1 rings (SSSR count). The predicted octanol–water partition coefficient (Wildman–Crippen LogP) is 3.92. The van der Waals surface area contributed by atoms with Gasteiger partial charge in [-0.15, -0.1) is 0 Å². The number of nitrogens with zero attached hydrogens (tertiary/aromatic N) is 3. The Morgan fingerprint density at radius 2 is 1.10 bits per heavy atom. The van der Waals surface area contributed by atoms with Crippen molar-refractivity contribution in [2.45, 2.75) is 109 Å². The molecule has 0 radical (unpaired) electrons. The van der Waals surface area contributed by atoms with Crippen LogP contribution in [0.4, 0.5) is 17.8 Å². The van der Waals surface area contributed by atoms with Gasteiger partial charge in [0.25, 0.3) is 0 Å². The second-order valence-corrected chi connectivity index (χ2v) is 7.67. The number of aliphatic carboxylic acids is 1. The largest absolute Gasteiger partial charge is 0.481 e. The van der Waals surface area contributed by atoms with Gasteiger partial charge in [-0.3, -0.25) is 4.79 Å². The number of anilines is 3. The Hall–Kier alpha value is -2.16. The quantitative estimate of drug-likeness (QED) is 0.245. The number of carboxylic acid groups (broad SMARTS) is 1. The smallest absolute Gasteiger partial charge is 0.303 e. The first-order chi connectivity index (χ1) is 14.3. The molecule has 1 unspecified atom stereocenters. The van der Waals surface area contributed by atoms with Crippen LogP contribution in [0.15, 0.2) is 0 Å². The molecule has 174 valence electrons. The van der Waals surface area contributed by atoms with E-state index in [0.717, 1.165) is 38.5 Å². The molecular weight excluding hydrogens is 384 g/mol. The van der Waals surface area contributed by atoms with Crippen LogP contribution in [-0.2, 0) is 4.79 Å². The highest BCUT2D eigenvalue weighted by atomic mass is 16.4. The van der Waals surface area contributed by atoms with Crippen LogP contribution in [0.3, 0.4) is 0 Å². The SMILES string of the molecule is CCCCCCC(O)CCCCCCCCCCC(=O)O.Nc1nc(N)nc(N)n1. The highest BCUT2D eigenvalue weighted by molar-refractivity contribution is 5.66. The normalized spacial score (nSPS) is 11.5. The second kappa shape index (κ2) is 18.8. The number of unbranched alkanes of at least 4 members (excludes halogenated alkanes) is 10. The van der Waals surface area contributed by atoms with E-state index in [1.54, 1.807) is 0 Å². The lowest BCUT2D eigenvalue weighted by molar-refractivity contribution is -0.137. The minimum absolute atomic E-state index is 0.0417. The van der Waals surface area contributed by atoms with Gasteiger partial charge in [-0.25, -0.2) is 0 Å². The van der Waals surface area contributed by atoms with Gasteiger partial charge >= 0.3 is 5.97 Å². The van der Waals surface area contributed by atoms with E-state index < -0.39 is 5.97 Å². The van der Waals surface area contributed by atoms with Crippen LogP contribution >= 0.6 is 0 Å². The van der Waals surface area contributed by atoms with E-state index in [2.05, 4.69) is 21.9 Å². The number of carbonyl (C=O) groups is 1. The lowest BCUT2D eigenvalue weighted by Gasteiger charge is -2.10. The molecule has 1 aromatic rings. The molecule has 0 saturated carbocycles. The van der Waals surface area contributed by atoms with Crippen molar-refractivity contribution in [2.24, 2.45) is 0 Å². The molecule has 0 saturated heterocycles. The summed E-state index contributed by atoms with van der Waals surface area (Å²) in [6, 6.07) is 0. The third kappa shape index (κ3) is 19.2. The maximum atomic E-state index is 10.3. The van der Waals surface area contributed by atoms with Crippen LogP contribution in [0.25, 0.3) is 0 Å². The lowest BCUT2D eigenvalue weighted by Crippen LogP contribution is -2.05. The van der Waals surface area contributed by atoms with Gasteiger partial charge in [-0.2, -0.15) is 15.0 Å². The van der Waals surface area contributed by atoms with Crippen molar-refractivity contribution in [2.75, 3.05) is 17.2 Å². The number of nitrogens with two attached hydrogens (primary N) is 3. The molecule has 9 heteroatoms. The van der Waals surface area contributed by atoms with Crippen LogP contribution in [0.2, 0.25) is 0 Å². The Balaban J connectivity index is 0.000000769. The monoisotopic (exact) mass is 426 g/mol. The van der Waals surface area contributed by atoms with Crippen LogP contribution in [-0.4, -0.2) is 37.2 Å². The molecule has 1 heterocycles. The maximum absolute atomic E-state index is 10.3. The Kier molecular flexibility index (Phi) is 17.5. The Morgan fingerprint density at radius 3 is 1.50 bits per heavy atom. The standard InChI is InChI=1S/C18H36O3.C3H6N6/c1-2-3-4-11-14-17(19)15-12-9-7-5-6-8-10-13-16-18(20)21;4-1-7-2(5)9-3(6)8-1/h17,19H,2-16H2,1H3,(H,20,21);(H6,4,5,6,7,8,9). The van der Waals surface area contributed by atoms with Gasteiger partial charge in [-0.1, -0.05) is 77.6 Å². The van der Waals surface area contributed by atoms with E-state index in [1.807, 2.05) is 0 Å². The van der Waals surface area contributed by atoms with Gasteiger partial charge in [0, 0.05) is 6.42 Å². The van der Waals surface area contributed by atoms with Crippen LogP contribution in [0.1, 0.15) is 103 Å². The van der Waals surface area contributed by atoms with Crippen molar-refractivity contribution >= 4 is 23.8 Å². The van der Waals surface area contributed by atoms with E-state index in [-0.39, 0.29) is 23.9 Å².